The summed E-state index contributed by atoms with van der Waals surface area (Å²) in [5.41, 5.74) is 7.75. The number of carbonyl (C=O) groups is 1. The average molecular weight is 465 g/mol. The lowest BCUT2D eigenvalue weighted by molar-refractivity contribution is 0.0672. The first kappa shape index (κ1) is 25.6. The zero-order chi connectivity index (χ0) is 24.5. The number of unbranched alkanes of at least 4 members (excludes halogenated alkanes) is 3. The summed E-state index contributed by atoms with van der Waals surface area (Å²) >= 11 is 0. The third-order valence-electron chi connectivity index (χ3n) is 6.24. The number of para-hydroxylation sites is 1. The average Bonchev–Trinajstić information content (AvgIpc) is 2.85. The fourth-order valence-corrected chi connectivity index (χ4v) is 4.26. The summed E-state index contributed by atoms with van der Waals surface area (Å²) in [7, 11) is 1.61. The van der Waals surface area contributed by atoms with E-state index in [0.29, 0.717) is 48.5 Å². The highest BCUT2D eigenvalue weighted by Crippen LogP contribution is 2.24. The van der Waals surface area contributed by atoms with Gasteiger partial charge in [0.05, 0.1) is 30.1 Å². The molecule has 34 heavy (non-hydrogen) atoms. The summed E-state index contributed by atoms with van der Waals surface area (Å²) in [6.07, 6.45) is 3.86. The number of aromatic nitrogens is 2. The molecule has 2 aromatic carbocycles. The number of ether oxygens (including phenoxy) is 1. The van der Waals surface area contributed by atoms with Gasteiger partial charge in [0.15, 0.2) is 0 Å². The van der Waals surface area contributed by atoms with E-state index in [1.165, 1.54) is 0 Å². The van der Waals surface area contributed by atoms with Crippen LogP contribution in [0.1, 0.15) is 60.4 Å². The molecule has 0 saturated heterocycles. The van der Waals surface area contributed by atoms with Gasteiger partial charge >= 0.3 is 0 Å². The van der Waals surface area contributed by atoms with Crippen molar-refractivity contribution in [2.75, 3.05) is 26.8 Å². The predicted octanol–water partition coefficient (Wildman–Crippen LogP) is 4.07. The van der Waals surface area contributed by atoms with E-state index in [4.69, 9.17) is 15.5 Å². The first-order valence-electron chi connectivity index (χ1n) is 12.0. The van der Waals surface area contributed by atoms with Crippen LogP contribution in [0.2, 0.25) is 0 Å². The Hall–Kier alpha value is -3.03. The van der Waals surface area contributed by atoms with Crippen LogP contribution < -0.4 is 11.3 Å². The van der Waals surface area contributed by atoms with Crippen LogP contribution in [0, 0.1) is 6.92 Å². The lowest BCUT2D eigenvalue weighted by Gasteiger charge is -2.31. The summed E-state index contributed by atoms with van der Waals surface area (Å²) in [6, 6.07) is 14.6. The minimum atomic E-state index is -0.393. The second-order valence-electron chi connectivity index (χ2n) is 8.63. The van der Waals surface area contributed by atoms with Crippen LogP contribution in [0.5, 0.6) is 0 Å². The number of fused-ring (bicyclic) bond motifs is 1. The number of rotatable bonds is 12. The lowest BCUT2D eigenvalue weighted by atomic mass is 10.1. The van der Waals surface area contributed by atoms with Crippen LogP contribution >= 0.6 is 0 Å². The molecule has 0 saturated carbocycles. The Labute approximate surface area is 201 Å². The number of hydrogen-bond acceptors (Lipinski definition) is 5. The minimum Gasteiger partial charge on any atom is -0.383 e. The summed E-state index contributed by atoms with van der Waals surface area (Å²) in [6.45, 7) is 5.90. The van der Waals surface area contributed by atoms with Crippen molar-refractivity contribution in [3.8, 4) is 0 Å². The van der Waals surface area contributed by atoms with Crippen molar-refractivity contribution in [1.82, 2.24) is 14.5 Å². The van der Waals surface area contributed by atoms with Gasteiger partial charge in [-0.05, 0) is 57.0 Å². The Bertz CT molecular complexity index is 1160. The molecule has 7 heteroatoms. The number of nitrogens with zero attached hydrogens (tertiary/aromatic N) is 3. The van der Waals surface area contributed by atoms with Crippen molar-refractivity contribution < 1.29 is 9.53 Å². The van der Waals surface area contributed by atoms with E-state index >= 15 is 0 Å². The molecule has 0 aliphatic carbocycles. The zero-order valence-corrected chi connectivity index (χ0v) is 20.5. The predicted molar refractivity (Wildman–Crippen MR) is 136 cm³/mol. The molecule has 1 atom stereocenters. The largest absolute Gasteiger partial charge is 0.383 e. The van der Waals surface area contributed by atoms with Crippen LogP contribution in [0.15, 0.2) is 53.3 Å². The van der Waals surface area contributed by atoms with Gasteiger partial charge in [-0.25, -0.2) is 4.98 Å². The monoisotopic (exact) mass is 464 g/mol. The zero-order valence-electron chi connectivity index (χ0n) is 20.5. The number of amides is 1. The molecule has 0 aliphatic heterocycles. The van der Waals surface area contributed by atoms with Gasteiger partial charge in [0.1, 0.15) is 5.82 Å². The SMILES string of the molecule is COCCn1c(C(C)N(CCCCCCN)C(=O)c2ccccc2C)nc2ccccc2c1=O. The van der Waals surface area contributed by atoms with Gasteiger partial charge < -0.3 is 15.4 Å². The second kappa shape index (κ2) is 12.4. The number of hydrogen-bond donors (Lipinski definition) is 1. The quantitative estimate of drug-likeness (QED) is 0.408. The number of carbonyl (C=O) groups excluding carboxylic acids is 1. The number of methoxy groups -OCH3 is 1. The molecule has 182 valence electrons. The number of benzene rings is 2. The van der Waals surface area contributed by atoms with E-state index < -0.39 is 6.04 Å². The molecule has 0 fully saturated rings. The summed E-state index contributed by atoms with van der Waals surface area (Å²) < 4.78 is 6.92. The van der Waals surface area contributed by atoms with E-state index in [1.807, 2.05) is 61.2 Å². The van der Waals surface area contributed by atoms with Gasteiger partial charge in [-0.2, -0.15) is 0 Å². The minimum absolute atomic E-state index is 0.0508. The highest BCUT2D eigenvalue weighted by Gasteiger charge is 2.27. The van der Waals surface area contributed by atoms with Gasteiger partial charge in [-0.15, -0.1) is 0 Å². The molecule has 1 heterocycles. The molecular formula is C27H36N4O3. The molecule has 1 amide bonds. The molecule has 0 radical (unpaired) electrons. The molecule has 0 bridgehead atoms. The fraction of sp³-hybridized carbons (Fsp3) is 0.444. The molecule has 1 unspecified atom stereocenters. The smallest absolute Gasteiger partial charge is 0.261 e. The molecule has 1 aromatic heterocycles. The number of nitrogens with two attached hydrogens (primary N) is 1. The lowest BCUT2D eigenvalue weighted by Crippen LogP contribution is -2.39. The van der Waals surface area contributed by atoms with Gasteiger partial charge in [0.2, 0.25) is 0 Å². The fourth-order valence-electron chi connectivity index (χ4n) is 4.26. The van der Waals surface area contributed by atoms with Crippen molar-refractivity contribution in [1.29, 1.82) is 0 Å². The molecule has 0 spiro atoms. The number of aryl methyl sites for hydroxylation is 1. The Kier molecular flexibility index (Phi) is 9.36. The van der Waals surface area contributed by atoms with Crippen molar-refractivity contribution >= 4 is 16.8 Å². The van der Waals surface area contributed by atoms with Gasteiger partial charge in [0, 0.05) is 19.2 Å². The van der Waals surface area contributed by atoms with E-state index in [0.717, 1.165) is 31.2 Å². The molecule has 3 rings (SSSR count). The van der Waals surface area contributed by atoms with Crippen LogP contribution in [0.25, 0.3) is 10.9 Å². The van der Waals surface area contributed by atoms with Gasteiger partial charge in [-0.1, -0.05) is 43.2 Å². The van der Waals surface area contributed by atoms with Crippen LogP contribution in [-0.4, -0.2) is 47.2 Å². The standard InChI is InChI=1S/C27H36N4O3/c1-20-12-6-7-13-22(20)26(32)30(17-11-5-4-10-16-28)21(2)25-29-24-15-9-8-14-23(24)27(33)31(25)18-19-34-3/h6-9,12-15,21H,4-5,10-11,16-19,28H2,1-3H3. The van der Waals surface area contributed by atoms with Gasteiger partial charge in [-0.3, -0.25) is 14.2 Å². The highest BCUT2D eigenvalue weighted by atomic mass is 16.5. The Morgan fingerprint density at radius 1 is 1.09 bits per heavy atom. The second-order valence-corrected chi connectivity index (χ2v) is 8.63. The Balaban J connectivity index is 2.03. The van der Waals surface area contributed by atoms with Crippen molar-refractivity contribution in [3.63, 3.8) is 0 Å². The normalized spacial score (nSPS) is 12.1. The van der Waals surface area contributed by atoms with Crippen LogP contribution in [-0.2, 0) is 11.3 Å². The molecule has 2 N–H and O–H groups in total. The maximum atomic E-state index is 13.7. The van der Waals surface area contributed by atoms with Crippen molar-refractivity contribution in [3.05, 3.63) is 75.8 Å². The highest BCUT2D eigenvalue weighted by molar-refractivity contribution is 5.95. The molecule has 7 nitrogen and oxygen atoms in total. The van der Waals surface area contributed by atoms with E-state index in [-0.39, 0.29) is 11.5 Å². The first-order chi connectivity index (χ1) is 16.5. The molecule has 0 aliphatic rings. The van der Waals surface area contributed by atoms with Crippen LogP contribution in [0.4, 0.5) is 0 Å². The first-order valence-corrected chi connectivity index (χ1v) is 12.0. The van der Waals surface area contributed by atoms with Crippen molar-refractivity contribution in [2.45, 2.75) is 52.1 Å². The van der Waals surface area contributed by atoms with E-state index in [1.54, 1.807) is 17.7 Å². The van der Waals surface area contributed by atoms with E-state index in [9.17, 15) is 9.59 Å². The third-order valence-corrected chi connectivity index (χ3v) is 6.24. The van der Waals surface area contributed by atoms with E-state index in [2.05, 4.69) is 0 Å². The topological polar surface area (TPSA) is 90.4 Å². The third kappa shape index (κ3) is 5.90. The summed E-state index contributed by atoms with van der Waals surface area (Å²) in [5.74, 6) is 0.523. The van der Waals surface area contributed by atoms with Gasteiger partial charge in [0.25, 0.3) is 11.5 Å². The van der Waals surface area contributed by atoms with Crippen LogP contribution in [0.3, 0.4) is 0 Å². The maximum Gasteiger partial charge on any atom is 0.261 e. The summed E-state index contributed by atoms with van der Waals surface area (Å²) in [4.78, 5) is 33.8. The van der Waals surface area contributed by atoms with Crippen molar-refractivity contribution in [2.24, 2.45) is 5.73 Å². The molecular weight excluding hydrogens is 428 g/mol. The maximum absolute atomic E-state index is 13.7. The Morgan fingerprint density at radius 2 is 1.79 bits per heavy atom. The molecule has 3 aromatic rings. The Morgan fingerprint density at radius 3 is 2.53 bits per heavy atom. The summed E-state index contributed by atoms with van der Waals surface area (Å²) in [5, 5.41) is 0.563.